The van der Waals surface area contributed by atoms with Crippen molar-refractivity contribution in [2.24, 2.45) is 0 Å². The number of carbonyl (C=O) groups is 2. The Morgan fingerprint density at radius 1 is 1.15 bits per heavy atom. The van der Waals surface area contributed by atoms with E-state index in [9.17, 15) is 18.0 Å². The molecule has 0 aliphatic rings. The van der Waals surface area contributed by atoms with Crippen molar-refractivity contribution in [1.29, 1.82) is 0 Å². The fourth-order valence-electron chi connectivity index (χ4n) is 1.24. The van der Waals surface area contributed by atoms with Crippen molar-refractivity contribution in [1.82, 2.24) is 0 Å². The molecule has 1 unspecified atom stereocenters. The monoisotopic (exact) mass is 312 g/mol. The van der Waals surface area contributed by atoms with Crippen LogP contribution in [0.3, 0.4) is 0 Å². The predicted molar refractivity (Wildman–Crippen MR) is 68.9 cm³/mol. The number of rotatable bonds is 11. The van der Waals surface area contributed by atoms with Gasteiger partial charge in [0, 0.05) is 19.6 Å². The molecule has 0 fully saturated rings. The minimum Gasteiger partial charge on any atom is -0.481 e. The highest BCUT2D eigenvalue weighted by Crippen LogP contribution is 2.07. The van der Waals surface area contributed by atoms with Crippen molar-refractivity contribution in [3.63, 3.8) is 0 Å². The molecule has 118 valence electrons. The molecule has 0 aromatic rings. The first-order valence-corrected chi connectivity index (χ1v) is 7.71. The molecule has 9 heteroatoms. The Kier molecular flexibility index (Phi) is 9.10. The first kappa shape index (κ1) is 18.8. The molecular weight excluding hydrogens is 292 g/mol. The van der Waals surface area contributed by atoms with Crippen LogP contribution in [-0.2, 0) is 29.2 Å². The second-order valence-electron chi connectivity index (χ2n) is 4.09. The van der Waals surface area contributed by atoms with E-state index >= 15 is 0 Å². The number of aliphatic carboxylic acids is 1. The van der Waals surface area contributed by atoms with Gasteiger partial charge >= 0.3 is 11.9 Å². The van der Waals surface area contributed by atoms with E-state index in [0.29, 0.717) is 19.6 Å². The van der Waals surface area contributed by atoms with Gasteiger partial charge in [-0.05, 0) is 6.42 Å². The minimum atomic E-state index is -4.80. The van der Waals surface area contributed by atoms with E-state index in [1.54, 1.807) is 0 Å². The average molecular weight is 312 g/mol. The van der Waals surface area contributed by atoms with Gasteiger partial charge in [0.1, 0.15) is 0 Å². The number of ether oxygens (including phenoxy) is 2. The topological polar surface area (TPSA) is 127 Å². The maximum atomic E-state index is 11.4. The second kappa shape index (κ2) is 9.67. The van der Waals surface area contributed by atoms with Gasteiger partial charge in [0.2, 0.25) is 0 Å². The Bertz CT molecular complexity index is 403. The molecule has 0 aromatic heterocycles. The molecule has 0 spiro atoms. The highest BCUT2D eigenvalue weighted by atomic mass is 32.2. The van der Waals surface area contributed by atoms with Crippen molar-refractivity contribution in [2.75, 3.05) is 19.8 Å². The maximum absolute atomic E-state index is 11.4. The summed E-state index contributed by atoms with van der Waals surface area (Å²) in [6, 6.07) is 0. The lowest BCUT2D eigenvalue weighted by molar-refractivity contribution is -0.147. The van der Waals surface area contributed by atoms with Crippen LogP contribution < -0.4 is 0 Å². The van der Waals surface area contributed by atoms with Gasteiger partial charge in [-0.15, -0.1) is 0 Å². The fraction of sp³-hybridized carbons (Fsp3) is 0.818. The smallest absolute Gasteiger partial charge is 0.327 e. The molecule has 0 heterocycles. The molecule has 1 atom stereocenters. The van der Waals surface area contributed by atoms with Gasteiger partial charge in [-0.1, -0.05) is 13.3 Å². The summed E-state index contributed by atoms with van der Waals surface area (Å²) in [6.45, 7) is 2.86. The van der Waals surface area contributed by atoms with Crippen molar-refractivity contribution in [3.8, 4) is 0 Å². The van der Waals surface area contributed by atoms with Gasteiger partial charge in [-0.2, -0.15) is 8.42 Å². The van der Waals surface area contributed by atoms with E-state index in [-0.39, 0.29) is 6.61 Å². The maximum Gasteiger partial charge on any atom is 0.327 e. The molecule has 0 bridgehead atoms. The number of hydrogen-bond donors (Lipinski definition) is 2. The minimum absolute atomic E-state index is 0.101. The molecule has 0 saturated carbocycles. The Labute approximate surface area is 117 Å². The average Bonchev–Trinajstić information content (AvgIpc) is 2.33. The van der Waals surface area contributed by atoms with E-state index in [0.717, 1.165) is 12.8 Å². The molecule has 0 aromatic carbocycles. The zero-order valence-electron chi connectivity index (χ0n) is 11.3. The number of carbonyl (C=O) groups excluding carboxylic acids is 1. The summed E-state index contributed by atoms with van der Waals surface area (Å²) in [7, 11) is -4.80. The van der Waals surface area contributed by atoms with Crippen molar-refractivity contribution < 1.29 is 37.1 Å². The molecule has 0 rings (SSSR count). The van der Waals surface area contributed by atoms with Crippen LogP contribution in [0.2, 0.25) is 0 Å². The van der Waals surface area contributed by atoms with Crippen LogP contribution in [0.4, 0.5) is 0 Å². The van der Waals surface area contributed by atoms with E-state index < -0.39 is 33.7 Å². The molecule has 2 N–H and O–H groups in total. The van der Waals surface area contributed by atoms with Crippen LogP contribution in [0.5, 0.6) is 0 Å². The van der Waals surface area contributed by atoms with Gasteiger partial charge in [0.25, 0.3) is 10.1 Å². The van der Waals surface area contributed by atoms with E-state index in [4.69, 9.17) is 14.4 Å². The quantitative estimate of drug-likeness (QED) is 0.320. The van der Waals surface area contributed by atoms with E-state index in [1.807, 2.05) is 6.92 Å². The highest BCUT2D eigenvalue weighted by Gasteiger charge is 2.34. The summed E-state index contributed by atoms with van der Waals surface area (Å²) in [6.07, 6.45) is 1.24. The Hall–Kier alpha value is -1.19. The summed E-state index contributed by atoms with van der Waals surface area (Å²) in [4.78, 5) is 21.8. The SMILES string of the molecule is CCCCOCCCOC(=O)C(CC(=O)O)S(=O)(=O)O. The molecule has 8 nitrogen and oxygen atoms in total. The number of hydrogen-bond acceptors (Lipinski definition) is 6. The first-order chi connectivity index (χ1) is 9.29. The highest BCUT2D eigenvalue weighted by molar-refractivity contribution is 7.87. The van der Waals surface area contributed by atoms with Crippen LogP contribution in [0.15, 0.2) is 0 Å². The molecule has 0 aliphatic heterocycles. The third kappa shape index (κ3) is 8.83. The Morgan fingerprint density at radius 2 is 1.75 bits per heavy atom. The molecular formula is C11H20O8S. The van der Waals surface area contributed by atoms with Gasteiger partial charge in [0.05, 0.1) is 13.0 Å². The van der Waals surface area contributed by atoms with E-state index in [2.05, 4.69) is 4.74 Å². The Morgan fingerprint density at radius 3 is 2.25 bits per heavy atom. The van der Waals surface area contributed by atoms with Crippen LogP contribution in [0, 0.1) is 0 Å². The summed E-state index contributed by atoms with van der Waals surface area (Å²) in [5.74, 6) is -2.80. The number of carboxylic acid groups (broad SMARTS) is 1. The molecule has 20 heavy (non-hydrogen) atoms. The molecule has 0 aliphatic carbocycles. The van der Waals surface area contributed by atoms with Crippen LogP contribution >= 0.6 is 0 Å². The van der Waals surface area contributed by atoms with Crippen molar-refractivity contribution in [2.45, 2.75) is 37.9 Å². The molecule has 0 saturated heterocycles. The van der Waals surface area contributed by atoms with Crippen molar-refractivity contribution in [3.05, 3.63) is 0 Å². The summed E-state index contributed by atoms with van der Waals surface area (Å²) in [5, 5.41) is 6.39. The zero-order valence-corrected chi connectivity index (χ0v) is 12.1. The standard InChI is InChI=1S/C11H20O8S/c1-2-3-5-18-6-4-7-19-11(14)9(8-10(12)13)20(15,16)17/h9H,2-8H2,1H3,(H,12,13)(H,15,16,17). The van der Waals surface area contributed by atoms with Gasteiger partial charge in [-0.3, -0.25) is 14.1 Å². The third-order valence-electron chi connectivity index (χ3n) is 2.30. The van der Waals surface area contributed by atoms with Crippen molar-refractivity contribution >= 4 is 22.1 Å². The summed E-state index contributed by atoms with van der Waals surface area (Å²) < 4.78 is 40.4. The summed E-state index contributed by atoms with van der Waals surface area (Å²) in [5.41, 5.74) is 0. The van der Waals surface area contributed by atoms with Crippen LogP contribution in [0.25, 0.3) is 0 Å². The third-order valence-corrected chi connectivity index (χ3v) is 3.38. The lowest BCUT2D eigenvalue weighted by Crippen LogP contribution is -2.34. The summed E-state index contributed by atoms with van der Waals surface area (Å²) >= 11 is 0. The largest absolute Gasteiger partial charge is 0.481 e. The molecule has 0 amide bonds. The number of carboxylic acids is 1. The van der Waals surface area contributed by atoms with Gasteiger partial charge in [-0.25, -0.2) is 0 Å². The fourth-order valence-corrected chi connectivity index (χ4v) is 1.91. The second-order valence-corrected chi connectivity index (χ2v) is 5.69. The van der Waals surface area contributed by atoms with Gasteiger partial charge in [0.15, 0.2) is 5.25 Å². The van der Waals surface area contributed by atoms with Crippen LogP contribution in [0.1, 0.15) is 32.6 Å². The van der Waals surface area contributed by atoms with Gasteiger partial charge < -0.3 is 14.6 Å². The lowest BCUT2D eigenvalue weighted by Gasteiger charge is -2.11. The number of unbranched alkanes of at least 4 members (excludes halogenated alkanes) is 1. The van der Waals surface area contributed by atoms with E-state index in [1.165, 1.54) is 0 Å². The van der Waals surface area contributed by atoms with Crippen LogP contribution in [-0.4, -0.2) is 55.1 Å². The Balaban J connectivity index is 4.06. The molecule has 0 radical (unpaired) electrons. The lowest BCUT2D eigenvalue weighted by atomic mass is 10.3. The first-order valence-electron chi connectivity index (χ1n) is 6.21. The zero-order chi connectivity index (χ0) is 15.6. The normalized spacial score (nSPS) is 12.9. The predicted octanol–water partition coefficient (Wildman–Crippen LogP) is 0.468. The number of esters is 1.